The van der Waals surface area contributed by atoms with Crippen molar-refractivity contribution >= 4 is 0 Å². The Kier molecular flexibility index (Phi) is 4.32. The van der Waals surface area contributed by atoms with E-state index in [0.717, 1.165) is 18.7 Å². The Morgan fingerprint density at radius 1 is 1.39 bits per heavy atom. The first kappa shape index (κ1) is 13.5. The summed E-state index contributed by atoms with van der Waals surface area (Å²) in [6.07, 6.45) is 0.382. The van der Waals surface area contributed by atoms with Crippen LogP contribution in [-0.2, 0) is 4.74 Å². The van der Waals surface area contributed by atoms with Crippen molar-refractivity contribution in [2.75, 3.05) is 19.6 Å². The van der Waals surface area contributed by atoms with E-state index in [1.54, 1.807) is 12.1 Å². The molecule has 1 aromatic carbocycles. The molecular weight excluding hydrogens is 231 g/mol. The summed E-state index contributed by atoms with van der Waals surface area (Å²) in [4.78, 5) is 2.29. The maximum Gasteiger partial charge on any atom is 0.123 e. The minimum Gasteiger partial charge on any atom is -0.373 e. The zero-order valence-corrected chi connectivity index (χ0v) is 11.0. The van der Waals surface area contributed by atoms with Crippen molar-refractivity contribution in [2.24, 2.45) is 5.73 Å². The second kappa shape index (κ2) is 5.78. The van der Waals surface area contributed by atoms with Gasteiger partial charge >= 0.3 is 0 Å². The van der Waals surface area contributed by atoms with Crippen LogP contribution in [0.15, 0.2) is 24.3 Å². The molecule has 0 unspecified atom stereocenters. The highest BCUT2D eigenvalue weighted by atomic mass is 19.1. The van der Waals surface area contributed by atoms with E-state index < -0.39 is 0 Å². The predicted molar refractivity (Wildman–Crippen MR) is 69.8 cm³/mol. The molecule has 0 saturated carbocycles. The van der Waals surface area contributed by atoms with E-state index >= 15 is 0 Å². The zero-order valence-electron chi connectivity index (χ0n) is 11.0. The van der Waals surface area contributed by atoms with Gasteiger partial charge in [0, 0.05) is 25.7 Å². The standard InChI is InChI=1S/C14H21FN2O/c1-10-8-17(9-11(2)18-10)14(7-16)12-4-3-5-13(15)6-12/h3-6,10-11,14H,7-9,16H2,1-2H3/t10-,11-,14-/m1/s1. The van der Waals surface area contributed by atoms with Crippen LogP contribution in [0.2, 0.25) is 0 Å². The van der Waals surface area contributed by atoms with Crippen molar-refractivity contribution < 1.29 is 9.13 Å². The number of hydrogen-bond donors (Lipinski definition) is 1. The maximum absolute atomic E-state index is 13.3. The van der Waals surface area contributed by atoms with Gasteiger partial charge in [-0.2, -0.15) is 0 Å². The van der Waals surface area contributed by atoms with E-state index in [9.17, 15) is 4.39 Å². The molecule has 18 heavy (non-hydrogen) atoms. The van der Waals surface area contributed by atoms with Crippen LogP contribution in [-0.4, -0.2) is 36.7 Å². The monoisotopic (exact) mass is 252 g/mol. The van der Waals surface area contributed by atoms with Gasteiger partial charge < -0.3 is 10.5 Å². The second-order valence-electron chi connectivity index (χ2n) is 5.02. The number of halogens is 1. The number of benzene rings is 1. The number of rotatable bonds is 3. The molecule has 1 aromatic rings. The quantitative estimate of drug-likeness (QED) is 0.893. The lowest BCUT2D eigenvalue weighted by Crippen LogP contribution is -2.48. The highest BCUT2D eigenvalue weighted by Gasteiger charge is 2.28. The van der Waals surface area contributed by atoms with Gasteiger partial charge in [0.05, 0.1) is 12.2 Å². The Bertz CT molecular complexity index is 389. The molecule has 0 bridgehead atoms. The highest BCUT2D eigenvalue weighted by molar-refractivity contribution is 5.21. The van der Waals surface area contributed by atoms with Crippen LogP contribution in [0.4, 0.5) is 4.39 Å². The molecule has 3 atom stereocenters. The molecule has 1 aliphatic heterocycles. The van der Waals surface area contributed by atoms with Crippen molar-refractivity contribution in [3.05, 3.63) is 35.6 Å². The van der Waals surface area contributed by atoms with E-state index in [1.807, 2.05) is 6.07 Å². The van der Waals surface area contributed by atoms with E-state index in [-0.39, 0.29) is 24.1 Å². The first-order valence-corrected chi connectivity index (χ1v) is 6.45. The van der Waals surface area contributed by atoms with Crippen LogP contribution in [0.25, 0.3) is 0 Å². The minimum atomic E-state index is -0.208. The fourth-order valence-electron chi connectivity index (χ4n) is 2.68. The van der Waals surface area contributed by atoms with Crippen molar-refractivity contribution in [2.45, 2.75) is 32.1 Å². The fourth-order valence-corrected chi connectivity index (χ4v) is 2.68. The average Bonchev–Trinajstić information content (AvgIpc) is 2.28. The SMILES string of the molecule is C[C@@H]1CN([C@H](CN)c2cccc(F)c2)C[C@@H](C)O1. The van der Waals surface area contributed by atoms with Gasteiger partial charge in [0.25, 0.3) is 0 Å². The molecule has 1 fully saturated rings. The van der Waals surface area contributed by atoms with Crippen LogP contribution in [0.5, 0.6) is 0 Å². The fraction of sp³-hybridized carbons (Fsp3) is 0.571. The Morgan fingerprint density at radius 2 is 2.06 bits per heavy atom. The first-order chi connectivity index (χ1) is 8.60. The van der Waals surface area contributed by atoms with Crippen molar-refractivity contribution in [3.8, 4) is 0 Å². The van der Waals surface area contributed by atoms with Gasteiger partial charge in [-0.25, -0.2) is 4.39 Å². The topological polar surface area (TPSA) is 38.5 Å². The average molecular weight is 252 g/mol. The van der Waals surface area contributed by atoms with E-state index in [1.165, 1.54) is 6.07 Å². The van der Waals surface area contributed by atoms with Crippen LogP contribution < -0.4 is 5.73 Å². The van der Waals surface area contributed by atoms with E-state index in [2.05, 4.69) is 18.7 Å². The lowest BCUT2D eigenvalue weighted by atomic mass is 10.0. The van der Waals surface area contributed by atoms with Gasteiger partial charge in [0.1, 0.15) is 5.82 Å². The first-order valence-electron chi connectivity index (χ1n) is 6.45. The largest absolute Gasteiger partial charge is 0.373 e. The summed E-state index contributed by atoms with van der Waals surface area (Å²) >= 11 is 0. The van der Waals surface area contributed by atoms with Gasteiger partial charge in [-0.15, -0.1) is 0 Å². The van der Waals surface area contributed by atoms with E-state index in [0.29, 0.717) is 6.54 Å². The van der Waals surface area contributed by atoms with Crippen LogP contribution >= 0.6 is 0 Å². The summed E-state index contributed by atoms with van der Waals surface area (Å²) in [5.41, 5.74) is 6.82. The smallest absolute Gasteiger partial charge is 0.123 e. The summed E-state index contributed by atoms with van der Waals surface area (Å²) in [5.74, 6) is -0.208. The Labute approximate surface area is 108 Å². The van der Waals surface area contributed by atoms with E-state index in [4.69, 9.17) is 10.5 Å². The zero-order chi connectivity index (χ0) is 13.1. The van der Waals surface area contributed by atoms with Gasteiger partial charge in [-0.05, 0) is 31.5 Å². The van der Waals surface area contributed by atoms with Gasteiger partial charge in [-0.3, -0.25) is 4.90 Å². The molecule has 4 heteroatoms. The highest BCUT2D eigenvalue weighted by Crippen LogP contribution is 2.24. The molecule has 0 amide bonds. The molecule has 2 N–H and O–H groups in total. The summed E-state index contributed by atoms with van der Waals surface area (Å²) in [6, 6.07) is 6.77. The van der Waals surface area contributed by atoms with Gasteiger partial charge in [0.2, 0.25) is 0 Å². The lowest BCUT2D eigenvalue weighted by Gasteiger charge is -2.40. The number of nitrogens with zero attached hydrogens (tertiary/aromatic N) is 1. The molecule has 1 saturated heterocycles. The van der Waals surface area contributed by atoms with Crippen LogP contribution in [0, 0.1) is 5.82 Å². The maximum atomic E-state index is 13.3. The normalized spacial score (nSPS) is 27.1. The molecule has 0 aliphatic carbocycles. The lowest BCUT2D eigenvalue weighted by molar-refractivity contribution is -0.0799. The van der Waals surface area contributed by atoms with Crippen molar-refractivity contribution in [1.29, 1.82) is 0 Å². The molecule has 2 rings (SSSR count). The number of hydrogen-bond acceptors (Lipinski definition) is 3. The molecule has 1 aliphatic rings. The third-order valence-corrected chi connectivity index (χ3v) is 3.35. The molecule has 0 spiro atoms. The number of nitrogens with two attached hydrogens (primary N) is 1. The van der Waals surface area contributed by atoms with Crippen molar-refractivity contribution in [3.63, 3.8) is 0 Å². The summed E-state index contributed by atoms with van der Waals surface area (Å²) in [6.45, 7) is 6.28. The molecule has 3 nitrogen and oxygen atoms in total. The van der Waals surface area contributed by atoms with Crippen molar-refractivity contribution in [1.82, 2.24) is 4.90 Å². The van der Waals surface area contributed by atoms with Crippen LogP contribution in [0.1, 0.15) is 25.5 Å². The minimum absolute atomic E-state index is 0.0644. The molecule has 0 radical (unpaired) electrons. The number of ether oxygens (including phenoxy) is 1. The Morgan fingerprint density at radius 3 is 2.61 bits per heavy atom. The summed E-state index contributed by atoms with van der Waals surface area (Å²) in [5, 5.41) is 0. The number of morpholine rings is 1. The molecular formula is C14H21FN2O. The van der Waals surface area contributed by atoms with Crippen LogP contribution in [0.3, 0.4) is 0 Å². The summed E-state index contributed by atoms with van der Waals surface area (Å²) < 4.78 is 19.0. The van der Waals surface area contributed by atoms with Gasteiger partial charge in [0.15, 0.2) is 0 Å². The van der Waals surface area contributed by atoms with Gasteiger partial charge in [-0.1, -0.05) is 12.1 Å². The third-order valence-electron chi connectivity index (χ3n) is 3.35. The molecule has 1 heterocycles. The predicted octanol–water partition coefficient (Wildman–Crippen LogP) is 1.93. The summed E-state index contributed by atoms with van der Waals surface area (Å²) in [7, 11) is 0. The Balaban J connectivity index is 2.17. The second-order valence-corrected chi connectivity index (χ2v) is 5.02. The third kappa shape index (κ3) is 3.07. The Hall–Kier alpha value is -0.970. The molecule has 100 valence electrons. The molecule has 0 aromatic heterocycles.